The Labute approximate surface area is 225 Å². The van der Waals surface area contributed by atoms with Crippen LogP contribution in [0.1, 0.15) is 45.9 Å². The molecule has 1 saturated heterocycles. The van der Waals surface area contributed by atoms with Gasteiger partial charge in [0.1, 0.15) is 11.4 Å². The van der Waals surface area contributed by atoms with Crippen molar-refractivity contribution >= 4 is 33.9 Å². The van der Waals surface area contributed by atoms with Crippen molar-refractivity contribution < 1.29 is 13.9 Å². The smallest absolute Gasteiger partial charge is 0.254 e. The molecule has 0 unspecified atom stereocenters. The van der Waals surface area contributed by atoms with Crippen LogP contribution in [0.15, 0.2) is 59.5 Å². The third kappa shape index (κ3) is 4.14. The molecule has 0 bridgehead atoms. The van der Waals surface area contributed by atoms with Crippen LogP contribution in [0.2, 0.25) is 0 Å². The van der Waals surface area contributed by atoms with Gasteiger partial charge < -0.3 is 24.7 Å². The second-order valence-corrected chi connectivity index (χ2v) is 10.5. The van der Waals surface area contributed by atoms with Crippen molar-refractivity contribution in [3.63, 3.8) is 0 Å². The number of ether oxygens (including phenoxy) is 1. The van der Waals surface area contributed by atoms with Crippen molar-refractivity contribution in [1.29, 1.82) is 0 Å². The first kappa shape index (κ1) is 23.9. The topological polar surface area (TPSA) is 96.9 Å². The van der Waals surface area contributed by atoms with Crippen LogP contribution in [0.4, 0.5) is 11.5 Å². The maximum Gasteiger partial charge on any atom is 0.254 e. The third-order valence-electron chi connectivity index (χ3n) is 7.77. The standard InChI is InChI=1S/C30H30N6O3/c1-35(2)17-25-19(18-8-12-38-13-9-18)4-6-27(34-25)33-24-5-3-20(22-15-31-30(37)28(22)24)23-16-32-36-11-7-26-21(29(23)36)10-14-39-26/h3-7,10-11,14,16,18H,8-9,12-13,15,17H2,1-2H3,(H,31,37)(H,33,34). The van der Waals surface area contributed by atoms with E-state index >= 15 is 0 Å². The Kier molecular flexibility index (Phi) is 5.82. The summed E-state index contributed by atoms with van der Waals surface area (Å²) in [4.78, 5) is 20.2. The predicted molar refractivity (Wildman–Crippen MR) is 149 cm³/mol. The molecule has 2 N–H and O–H groups in total. The number of hydrogen-bond donors (Lipinski definition) is 2. The van der Waals surface area contributed by atoms with E-state index in [1.807, 2.05) is 41.2 Å². The number of aromatic nitrogens is 3. The highest BCUT2D eigenvalue weighted by Crippen LogP contribution is 2.39. The molecule has 1 aromatic carbocycles. The molecule has 0 atom stereocenters. The van der Waals surface area contributed by atoms with Gasteiger partial charge in [-0.3, -0.25) is 4.79 Å². The molecule has 4 aromatic heterocycles. The third-order valence-corrected chi connectivity index (χ3v) is 7.77. The summed E-state index contributed by atoms with van der Waals surface area (Å²) in [6.45, 7) is 2.79. The van der Waals surface area contributed by atoms with E-state index in [2.05, 4.69) is 46.9 Å². The zero-order valence-corrected chi connectivity index (χ0v) is 22.0. The van der Waals surface area contributed by atoms with E-state index < -0.39 is 0 Å². The van der Waals surface area contributed by atoms with E-state index in [9.17, 15) is 4.79 Å². The summed E-state index contributed by atoms with van der Waals surface area (Å²) < 4.78 is 13.1. The molecule has 1 amide bonds. The molecule has 1 fully saturated rings. The predicted octanol–water partition coefficient (Wildman–Crippen LogP) is 5.09. The summed E-state index contributed by atoms with van der Waals surface area (Å²) in [6.07, 6.45) is 7.47. The normalized spacial score (nSPS) is 15.8. The number of anilines is 2. The number of furan rings is 1. The Morgan fingerprint density at radius 1 is 1.10 bits per heavy atom. The molecule has 0 radical (unpaired) electrons. The van der Waals surface area contributed by atoms with Gasteiger partial charge in [0, 0.05) is 43.4 Å². The number of benzene rings is 1. The summed E-state index contributed by atoms with van der Waals surface area (Å²) in [5.74, 6) is 1.09. The van der Waals surface area contributed by atoms with E-state index in [0.29, 0.717) is 18.0 Å². The molecule has 198 valence electrons. The molecule has 9 heteroatoms. The van der Waals surface area contributed by atoms with Crippen molar-refractivity contribution in [3.8, 4) is 11.1 Å². The first-order valence-corrected chi connectivity index (χ1v) is 13.3. The average molecular weight is 523 g/mol. The zero-order chi connectivity index (χ0) is 26.5. The number of rotatable bonds is 6. The van der Waals surface area contributed by atoms with Gasteiger partial charge in [-0.2, -0.15) is 5.10 Å². The zero-order valence-electron chi connectivity index (χ0n) is 22.0. The second-order valence-electron chi connectivity index (χ2n) is 10.5. The molecule has 0 saturated carbocycles. The lowest BCUT2D eigenvalue weighted by Gasteiger charge is -2.25. The SMILES string of the molecule is CN(C)Cc1nc(Nc2ccc(-c3cnn4ccc5occc5c34)c3c2C(=O)NC3)ccc1C1CCOCC1. The van der Waals surface area contributed by atoms with E-state index in [1.165, 1.54) is 5.56 Å². The molecule has 9 nitrogen and oxygen atoms in total. The Morgan fingerprint density at radius 2 is 1.97 bits per heavy atom. The molecule has 2 aliphatic rings. The van der Waals surface area contributed by atoms with Crippen molar-refractivity contribution in [2.24, 2.45) is 0 Å². The van der Waals surface area contributed by atoms with Crippen LogP contribution < -0.4 is 10.6 Å². The lowest BCUT2D eigenvalue weighted by molar-refractivity contribution is 0.0849. The number of carbonyl (C=O) groups is 1. The van der Waals surface area contributed by atoms with Gasteiger partial charge in [-0.25, -0.2) is 9.50 Å². The fourth-order valence-corrected chi connectivity index (χ4v) is 5.96. The largest absolute Gasteiger partial charge is 0.464 e. The van der Waals surface area contributed by atoms with E-state index in [0.717, 1.165) is 83.0 Å². The minimum Gasteiger partial charge on any atom is -0.464 e. The fourth-order valence-electron chi connectivity index (χ4n) is 5.96. The van der Waals surface area contributed by atoms with Crippen LogP contribution in [-0.4, -0.2) is 52.7 Å². The second kappa shape index (κ2) is 9.52. The van der Waals surface area contributed by atoms with Gasteiger partial charge in [-0.15, -0.1) is 0 Å². The molecule has 6 heterocycles. The lowest BCUT2D eigenvalue weighted by atomic mass is 9.90. The van der Waals surface area contributed by atoms with E-state index in [-0.39, 0.29) is 5.91 Å². The van der Waals surface area contributed by atoms with E-state index in [4.69, 9.17) is 14.1 Å². The highest BCUT2D eigenvalue weighted by Gasteiger charge is 2.28. The van der Waals surface area contributed by atoms with Crippen LogP contribution in [0.5, 0.6) is 0 Å². The first-order chi connectivity index (χ1) is 19.1. The minimum atomic E-state index is -0.0911. The Balaban J connectivity index is 1.28. The number of hydrogen-bond acceptors (Lipinski definition) is 7. The van der Waals surface area contributed by atoms with Gasteiger partial charge in [0.15, 0.2) is 0 Å². The molecule has 7 rings (SSSR count). The maximum atomic E-state index is 13.1. The highest BCUT2D eigenvalue weighted by molar-refractivity contribution is 6.08. The summed E-state index contributed by atoms with van der Waals surface area (Å²) in [6, 6.07) is 12.1. The summed E-state index contributed by atoms with van der Waals surface area (Å²) in [5, 5.41) is 12.0. The van der Waals surface area contributed by atoms with Crippen molar-refractivity contribution in [2.45, 2.75) is 31.8 Å². The minimum absolute atomic E-state index is 0.0911. The fraction of sp³-hybridized carbons (Fsp3) is 0.300. The van der Waals surface area contributed by atoms with Crippen molar-refractivity contribution in [1.82, 2.24) is 24.8 Å². The number of pyridine rings is 2. The number of amides is 1. The van der Waals surface area contributed by atoms with Gasteiger partial charge >= 0.3 is 0 Å². The molecule has 2 aliphatic heterocycles. The quantitative estimate of drug-likeness (QED) is 0.321. The van der Waals surface area contributed by atoms with Gasteiger partial charge in [0.2, 0.25) is 0 Å². The number of fused-ring (bicyclic) bond motifs is 4. The van der Waals surface area contributed by atoms with Crippen LogP contribution >= 0.6 is 0 Å². The van der Waals surface area contributed by atoms with Crippen LogP contribution in [0.3, 0.4) is 0 Å². The summed E-state index contributed by atoms with van der Waals surface area (Å²) in [7, 11) is 4.12. The van der Waals surface area contributed by atoms with Crippen LogP contribution in [0, 0.1) is 0 Å². The number of nitrogens with one attached hydrogen (secondary N) is 2. The van der Waals surface area contributed by atoms with E-state index in [1.54, 1.807) is 6.26 Å². The Morgan fingerprint density at radius 3 is 2.82 bits per heavy atom. The first-order valence-electron chi connectivity index (χ1n) is 13.3. The van der Waals surface area contributed by atoms with Crippen LogP contribution in [-0.2, 0) is 17.8 Å². The molecule has 0 spiro atoms. The molecular weight excluding hydrogens is 492 g/mol. The molecule has 0 aliphatic carbocycles. The van der Waals surface area contributed by atoms with Crippen molar-refractivity contribution in [2.75, 3.05) is 32.6 Å². The number of carbonyl (C=O) groups excluding carboxylic acids is 1. The highest BCUT2D eigenvalue weighted by atomic mass is 16.5. The van der Waals surface area contributed by atoms with Crippen LogP contribution in [0.25, 0.3) is 27.6 Å². The van der Waals surface area contributed by atoms with Gasteiger partial charge in [0.25, 0.3) is 5.91 Å². The summed E-state index contributed by atoms with van der Waals surface area (Å²) >= 11 is 0. The Bertz CT molecular complexity index is 1710. The van der Waals surface area contributed by atoms with Gasteiger partial charge in [-0.05, 0) is 73.8 Å². The van der Waals surface area contributed by atoms with Crippen molar-refractivity contribution in [3.05, 3.63) is 77.4 Å². The molecule has 39 heavy (non-hydrogen) atoms. The van der Waals surface area contributed by atoms with Gasteiger partial charge in [0.05, 0.1) is 34.9 Å². The summed E-state index contributed by atoms with van der Waals surface area (Å²) in [5.41, 5.74) is 8.40. The number of nitrogens with zero attached hydrogens (tertiary/aromatic N) is 4. The lowest BCUT2D eigenvalue weighted by Crippen LogP contribution is -2.19. The average Bonchev–Trinajstić information content (AvgIpc) is 3.68. The Hall–Kier alpha value is -4.21. The van der Waals surface area contributed by atoms with Gasteiger partial charge in [-0.1, -0.05) is 12.1 Å². The molecular formula is C30H30N6O3. The molecule has 5 aromatic rings. The monoisotopic (exact) mass is 522 g/mol. The maximum absolute atomic E-state index is 13.1.